The van der Waals surface area contributed by atoms with Gasteiger partial charge in [-0.3, -0.25) is 4.79 Å². The summed E-state index contributed by atoms with van der Waals surface area (Å²) in [5.74, 6) is -0.362. The van der Waals surface area contributed by atoms with Crippen molar-refractivity contribution in [3.63, 3.8) is 0 Å². The Bertz CT molecular complexity index is 669. The van der Waals surface area contributed by atoms with Crippen LogP contribution >= 0.6 is 0 Å². The lowest BCUT2D eigenvalue weighted by atomic mass is 10.1. The van der Waals surface area contributed by atoms with Crippen LogP contribution in [0.2, 0.25) is 0 Å². The summed E-state index contributed by atoms with van der Waals surface area (Å²) in [5.41, 5.74) is 0.691. The summed E-state index contributed by atoms with van der Waals surface area (Å²) in [5, 5.41) is 2.73. The van der Waals surface area contributed by atoms with Crippen molar-refractivity contribution in [2.45, 2.75) is 19.1 Å². The third-order valence-electron chi connectivity index (χ3n) is 3.77. The van der Waals surface area contributed by atoms with E-state index in [-0.39, 0.29) is 11.5 Å². The molecule has 0 radical (unpaired) electrons. The van der Waals surface area contributed by atoms with Gasteiger partial charge in [0.1, 0.15) is 0 Å². The molecule has 2 rings (SSSR count). The molecular weight excluding hydrogens is 329 g/mol. The molecule has 0 spiro atoms. The molecule has 0 unspecified atom stereocenters. The summed E-state index contributed by atoms with van der Waals surface area (Å²) < 4.78 is 37.5. The van der Waals surface area contributed by atoms with Crippen LogP contribution in [0.15, 0.2) is 54.6 Å². The van der Waals surface area contributed by atoms with E-state index in [0.29, 0.717) is 6.54 Å². The third-order valence-corrected chi connectivity index (χ3v) is 3.77. The van der Waals surface area contributed by atoms with E-state index < -0.39 is 11.7 Å². The van der Waals surface area contributed by atoms with Crippen LogP contribution in [0.4, 0.5) is 13.2 Å². The molecule has 0 fully saturated rings. The molecule has 3 nitrogen and oxygen atoms in total. The zero-order valence-electron chi connectivity index (χ0n) is 14.0. The van der Waals surface area contributed by atoms with Crippen molar-refractivity contribution in [1.29, 1.82) is 0 Å². The zero-order valence-corrected chi connectivity index (χ0v) is 14.0. The van der Waals surface area contributed by atoms with Crippen LogP contribution in [0.3, 0.4) is 0 Å². The standard InChI is InChI=1S/C19H21F3N2O/c1-24(14-15-6-3-2-4-7-15)13-5-12-23-18(25)16-8-10-17(11-9-16)19(20,21)22/h2-4,6-11H,5,12-14H2,1H3,(H,23,25). The molecule has 0 atom stereocenters. The Labute approximate surface area is 145 Å². The molecule has 6 heteroatoms. The second-order valence-corrected chi connectivity index (χ2v) is 5.91. The van der Waals surface area contributed by atoms with Crippen molar-refractivity contribution in [3.05, 3.63) is 71.3 Å². The normalized spacial score (nSPS) is 11.6. The highest BCUT2D eigenvalue weighted by Gasteiger charge is 2.30. The molecule has 0 aromatic heterocycles. The first-order chi connectivity index (χ1) is 11.9. The number of alkyl halides is 3. The fourth-order valence-electron chi connectivity index (χ4n) is 2.44. The van der Waals surface area contributed by atoms with Gasteiger partial charge in [0.25, 0.3) is 5.91 Å². The lowest BCUT2D eigenvalue weighted by Crippen LogP contribution is -2.28. The van der Waals surface area contributed by atoms with Crippen LogP contribution in [0.1, 0.15) is 27.9 Å². The quantitative estimate of drug-likeness (QED) is 0.767. The summed E-state index contributed by atoms with van der Waals surface area (Å²) in [6.45, 7) is 2.11. The van der Waals surface area contributed by atoms with E-state index in [0.717, 1.165) is 31.6 Å². The number of hydrogen-bond acceptors (Lipinski definition) is 2. The fourth-order valence-corrected chi connectivity index (χ4v) is 2.44. The molecule has 25 heavy (non-hydrogen) atoms. The summed E-state index contributed by atoms with van der Waals surface area (Å²) in [7, 11) is 2.00. The Morgan fingerprint density at radius 3 is 2.28 bits per heavy atom. The third kappa shape index (κ3) is 6.23. The van der Waals surface area contributed by atoms with Crippen molar-refractivity contribution < 1.29 is 18.0 Å². The lowest BCUT2D eigenvalue weighted by molar-refractivity contribution is -0.137. The highest BCUT2D eigenvalue weighted by Crippen LogP contribution is 2.29. The number of carbonyl (C=O) groups is 1. The van der Waals surface area contributed by atoms with Gasteiger partial charge in [-0.1, -0.05) is 30.3 Å². The second-order valence-electron chi connectivity index (χ2n) is 5.91. The van der Waals surface area contributed by atoms with Crippen molar-refractivity contribution in [3.8, 4) is 0 Å². The molecular formula is C19H21F3N2O. The predicted molar refractivity (Wildman–Crippen MR) is 91.2 cm³/mol. The highest BCUT2D eigenvalue weighted by molar-refractivity contribution is 5.94. The number of nitrogens with one attached hydrogen (secondary N) is 1. The van der Waals surface area contributed by atoms with Gasteiger partial charge in [0.2, 0.25) is 0 Å². The van der Waals surface area contributed by atoms with Gasteiger partial charge in [-0.15, -0.1) is 0 Å². The molecule has 0 saturated carbocycles. The van der Waals surface area contributed by atoms with Crippen LogP contribution in [-0.2, 0) is 12.7 Å². The maximum Gasteiger partial charge on any atom is 0.416 e. The molecule has 1 N–H and O–H groups in total. The van der Waals surface area contributed by atoms with Crippen molar-refractivity contribution in [1.82, 2.24) is 10.2 Å². The SMILES string of the molecule is CN(CCCNC(=O)c1ccc(C(F)(F)F)cc1)Cc1ccccc1. The number of benzene rings is 2. The molecule has 2 aromatic rings. The minimum Gasteiger partial charge on any atom is -0.352 e. The van der Waals surface area contributed by atoms with E-state index in [1.54, 1.807) is 0 Å². The number of rotatable bonds is 7. The first-order valence-electron chi connectivity index (χ1n) is 8.04. The van der Waals surface area contributed by atoms with Gasteiger partial charge in [-0.25, -0.2) is 0 Å². The molecule has 134 valence electrons. The van der Waals surface area contributed by atoms with Gasteiger partial charge < -0.3 is 10.2 Å². The van der Waals surface area contributed by atoms with E-state index in [1.165, 1.54) is 17.7 Å². The first-order valence-corrected chi connectivity index (χ1v) is 8.04. The summed E-state index contributed by atoms with van der Waals surface area (Å²) in [6, 6.07) is 14.3. The summed E-state index contributed by atoms with van der Waals surface area (Å²) >= 11 is 0. The Morgan fingerprint density at radius 1 is 1.04 bits per heavy atom. The second kappa shape index (κ2) is 8.67. The molecule has 0 aliphatic carbocycles. The van der Waals surface area contributed by atoms with Gasteiger partial charge in [-0.05, 0) is 49.8 Å². The Kier molecular flexibility index (Phi) is 6.58. The maximum absolute atomic E-state index is 12.5. The average molecular weight is 350 g/mol. The van der Waals surface area contributed by atoms with Crippen LogP contribution in [0.5, 0.6) is 0 Å². The van der Waals surface area contributed by atoms with Crippen LogP contribution in [-0.4, -0.2) is 30.9 Å². The maximum atomic E-state index is 12.5. The van der Waals surface area contributed by atoms with Crippen LogP contribution in [0.25, 0.3) is 0 Å². The van der Waals surface area contributed by atoms with Crippen molar-refractivity contribution >= 4 is 5.91 Å². The number of halogens is 3. The minimum atomic E-state index is -4.39. The number of carbonyl (C=O) groups excluding carboxylic acids is 1. The first kappa shape index (κ1) is 19.0. The zero-order chi connectivity index (χ0) is 18.3. The van der Waals surface area contributed by atoms with E-state index >= 15 is 0 Å². The Balaban J connectivity index is 1.71. The Hall–Kier alpha value is -2.34. The molecule has 0 saturated heterocycles. The van der Waals surface area contributed by atoms with Gasteiger partial charge in [0.05, 0.1) is 5.56 Å². The van der Waals surface area contributed by atoms with Gasteiger partial charge in [-0.2, -0.15) is 13.2 Å². The van der Waals surface area contributed by atoms with Gasteiger partial charge in [0.15, 0.2) is 0 Å². The molecule has 1 amide bonds. The lowest BCUT2D eigenvalue weighted by Gasteiger charge is -2.16. The number of nitrogens with zero attached hydrogens (tertiary/aromatic N) is 1. The molecule has 0 bridgehead atoms. The van der Waals surface area contributed by atoms with E-state index in [1.807, 2.05) is 25.2 Å². The van der Waals surface area contributed by atoms with Gasteiger partial charge in [0, 0.05) is 18.7 Å². The van der Waals surface area contributed by atoms with Crippen molar-refractivity contribution in [2.75, 3.05) is 20.1 Å². The van der Waals surface area contributed by atoms with E-state index in [2.05, 4.69) is 22.3 Å². The monoisotopic (exact) mass is 350 g/mol. The summed E-state index contributed by atoms with van der Waals surface area (Å²) in [6.07, 6.45) is -3.63. The topological polar surface area (TPSA) is 32.3 Å². The van der Waals surface area contributed by atoms with Crippen LogP contribution < -0.4 is 5.32 Å². The fraction of sp³-hybridized carbons (Fsp3) is 0.316. The highest BCUT2D eigenvalue weighted by atomic mass is 19.4. The van der Waals surface area contributed by atoms with Crippen LogP contribution in [0, 0.1) is 0 Å². The summed E-state index contributed by atoms with van der Waals surface area (Å²) in [4.78, 5) is 14.1. The Morgan fingerprint density at radius 2 is 1.68 bits per heavy atom. The largest absolute Gasteiger partial charge is 0.416 e. The molecule has 0 aliphatic heterocycles. The minimum absolute atomic E-state index is 0.227. The average Bonchev–Trinajstić information content (AvgIpc) is 2.59. The molecule has 2 aromatic carbocycles. The smallest absolute Gasteiger partial charge is 0.352 e. The number of amides is 1. The predicted octanol–water partition coefficient (Wildman–Crippen LogP) is 3.96. The number of hydrogen-bond donors (Lipinski definition) is 1. The van der Waals surface area contributed by atoms with Gasteiger partial charge >= 0.3 is 6.18 Å². The molecule has 0 heterocycles. The van der Waals surface area contributed by atoms with Crippen molar-refractivity contribution in [2.24, 2.45) is 0 Å². The molecule has 0 aliphatic rings. The van der Waals surface area contributed by atoms with E-state index in [9.17, 15) is 18.0 Å². The van der Waals surface area contributed by atoms with E-state index in [4.69, 9.17) is 0 Å².